The maximum atomic E-state index is 12.3. The Morgan fingerprint density at radius 3 is 2.11 bits per heavy atom. The van der Waals surface area contributed by atoms with Gasteiger partial charge in [-0.05, 0) is 69.5 Å². The SMILES string of the molecule is CC(=O)C(C#N)C(Cc1ccccc1)NC(=O)C1CCC1.CCC.CCSC(C)(NC)C(C)C(=O)NCc1ccccc1C. The summed E-state index contributed by atoms with van der Waals surface area (Å²) in [5.41, 5.74) is 3.39. The van der Waals surface area contributed by atoms with Gasteiger partial charge in [-0.15, -0.1) is 11.8 Å². The van der Waals surface area contributed by atoms with Gasteiger partial charge in [0, 0.05) is 12.5 Å². The van der Waals surface area contributed by atoms with Crippen molar-refractivity contribution in [2.75, 3.05) is 12.8 Å². The van der Waals surface area contributed by atoms with Gasteiger partial charge in [-0.25, -0.2) is 0 Å². The van der Waals surface area contributed by atoms with Crippen molar-refractivity contribution in [1.29, 1.82) is 5.26 Å². The molecule has 2 aromatic rings. The minimum absolute atomic E-state index is 0.0244. The molecule has 1 fully saturated rings. The average Bonchev–Trinajstić information content (AvgIpc) is 2.96. The molecule has 7 nitrogen and oxygen atoms in total. The lowest BCUT2D eigenvalue weighted by molar-refractivity contribution is -0.129. The van der Waals surface area contributed by atoms with Crippen LogP contribution in [0.3, 0.4) is 0 Å². The number of Topliss-reactive ketones (excluding diaryl/α,β-unsaturated/α-hetero) is 1. The Labute approximate surface area is 270 Å². The van der Waals surface area contributed by atoms with Crippen molar-refractivity contribution in [2.24, 2.45) is 17.8 Å². The molecule has 4 atom stereocenters. The summed E-state index contributed by atoms with van der Waals surface area (Å²) in [6.07, 6.45) is 4.63. The van der Waals surface area contributed by atoms with Crippen molar-refractivity contribution in [3.05, 3.63) is 71.3 Å². The lowest BCUT2D eigenvalue weighted by Gasteiger charge is -2.33. The molecule has 3 rings (SSSR count). The van der Waals surface area contributed by atoms with Crippen LogP contribution in [0.2, 0.25) is 0 Å². The third-order valence-corrected chi connectivity index (χ3v) is 9.40. The van der Waals surface area contributed by atoms with Gasteiger partial charge >= 0.3 is 0 Å². The summed E-state index contributed by atoms with van der Waals surface area (Å²) < 4.78 is 0. The molecule has 0 heterocycles. The Balaban J connectivity index is 0.000000404. The fraction of sp³-hybridized carbons (Fsp3) is 0.556. The van der Waals surface area contributed by atoms with Crippen molar-refractivity contribution < 1.29 is 14.4 Å². The number of nitrogens with one attached hydrogen (secondary N) is 3. The molecule has 44 heavy (non-hydrogen) atoms. The van der Waals surface area contributed by atoms with Gasteiger partial charge in [-0.2, -0.15) is 5.26 Å². The van der Waals surface area contributed by atoms with Crippen LogP contribution < -0.4 is 16.0 Å². The number of carbonyl (C=O) groups excluding carboxylic acids is 3. The topological polar surface area (TPSA) is 111 Å². The fourth-order valence-corrected chi connectivity index (χ4v) is 5.76. The van der Waals surface area contributed by atoms with Crippen LogP contribution in [0, 0.1) is 36.0 Å². The maximum absolute atomic E-state index is 12.3. The molecule has 0 spiro atoms. The van der Waals surface area contributed by atoms with Gasteiger partial charge in [0.2, 0.25) is 11.8 Å². The molecular formula is C36H54N4O3S. The fourth-order valence-electron chi connectivity index (χ4n) is 4.66. The summed E-state index contributed by atoms with van der Waals surface area (Å²) in [4.78, 5) is 35.9. The highest BCUT2D eigenvalue weighted by molar-refractivity contribution is 8.00. The van der Waals surface area contributed by atoms with Crippen molar-refractivity contribution in [3.8, 4) is 6.07 Å². The number of nitrogens with zero attached hydrogens (tertiary/aromatic N) is 1. The molecule has 0 saturated heterocycles. The van der Waals surface area contributed by atoms with Crippen LogP contribution in [0.25, 0.3) is 0 Å². The van der Waals surface area contributed by atoms with E-state index in [0.29, 0.717) is 13.0 Å². The minimum Gasteiger partial charge on any atom is -0.352 e. The zero-order valence-electron chi connectivity index (χ0n) is 28.0. The van der Waals surface area contributed by atoms with Gasteiger partial charge in [0.15, 0.2) is 0 Å². The van der Waals surface area contributed by atoms with Gasteiger partial charge in [0.1, 0.15) is 11.7 Å². The van der Waals surface area contributed by atoms with Gasteiger partial charge in [0.05, 0.1) is 22.9 Å². The Bertz CT molecular complexity index is 1200. The van der Waals surface area contributed by atoms with E-state index in [-0.39, 0.29) is 34.3 Å². The minimum atomic E-state index is -0.797. The van der Waals surface area contributed by atoms with Gasteiger partial charge in [-0.1, -0.05) is 95.1 Å². The first-order chi connectivity index (χ1) is 21.0. The summed E-state index contributed by atoms with van der Waals surface area (Å²) in [6, 6.07) is 19.3. The highest BCUT2D eigenvalue weighted by Crippen LogP contribution is 2.30. The first-order valence-corrected chi connectivity index (χ1v) is 16.9. The van der Waals surface area contributed by atoms with E-state index >= 15 is 0 Å². The highest BCUT2D eigenvalue weighted by atomic mass is 32.2. The highest BCUT2D eigenvalue weighted by Gasteiger charge is 2.34. The molecule has 3 N–H and O–H groups in total. The standard InChI is InChI=1S/C17H20N2O2.C16H26N2OS.C3H8/c1-12(20)15(11-18)16(10-13-6-3-2-4-7-13)19-17(21)14-8-5-9-14;1-6-20-16(4,17-5)13(3)15(19)18-11-14-10-8-7-9-12(14)2;1-3-2/h2-4,6-7,14-16H,5,8-10H2,1H3,(H,19,21);7-10,13,17H,6,11H2,1-5H3,(H,18,19);3H2,1-2H3. The largest absolute Gasteiger partial charge is 0.352 e. The van der Waals surface area contributed by atoms with E-state index in [0.717, 1.165) is 30.6 Å². The van der Waals surface area contributed by atoms with E-state index in [1.54, 1.807) is 11.8 Å². The molecule has 0 radical (unpaired) electrons. The van der Waals surface area contributed by atoms with Gasteiger partial charge < -0.3 is 16.0 Å². The number of hydrogen-bond donors (Lipinski definition) is 3. The smallest absolute Gasteiger partial charge is 0.225 e. The third kappa shape index (κ3) is 12.8. The number of carbonyl (C=O) groups is 3. The van der Waals surface area contributed by atoms with Gasteiger partial charge in [0.25, 0.3) is 0 Å². The van der Waals surface area contributed by atoms with Crippen LogP contribution in [0.1, 0.15) is 83.9 Å². The van der Waals surface area contributed by atoms with Crippen molar-refractivity contribution in [2.45, 2.75) is 98.0 Å². The number of rotatable bonds is 13. The maximum Gasteiger partial charge on any atom is 0.225 e. The van der Waals surface area contributed by atoms with Crippen LogP contribution in [0.5, 0.6) is 0 Å². The second-order valence-electron chi connectivity index (χ2n) is 11.5. The van der Waals surface area contributed by atoms with Crippen molar-refractivity contribution >= 4 is 29.4 Å². The monoisotopic (exact) mass is 622 g/mol. The average molecular weight is 623 g/mol. The van der Waals surface area contributed by atoms with E-state index < -0.39 is 12.0 Å². The lowest BCUT2D eigenvalue weighted by atomic mass is 9.83. The molecule has 2 aromatic carbocycles. The number of hydrogen-bond acceptors (Lipinski definition) is 6. The first kappa shape index (κ1) is 38.9. The quantitative estimate of drug-likeness (QED) is 0.217. The van der Waals surface area contributed by atoms with Crippen LogP contribution in [0.4, 0.5) is 0 Å². The molecule has 1 aliphatic rings. The van der Waals surface area contributed by atoms with Crippen LogP contribution in [0.15, 0.2) is 54.6 Å². The summed E-state index contributed by atoms with van der Waals surface area (Å²) in [5.74, 6) is -0.000383. The third-order valence-electron chi connectivity index (χ3n) is 7.96. The van der Waals surface area contributed by atoms with Crippen LogP contribution in [-0.4, -0.2) is 41.3 Å². The molecule has 4 unspecified atom stereocenters. The van der Waals surface area contributed by atoms with E-state index in [1.807, 2.05) is 62.5 Å². The predicted octanol–water partition coefficient (Wildman–Crippen LogP) is 6.60. The Morgan fingerprint density at radius 1 is 1.05 bits per heavy atom. The number of thioether (sulfide) groups is 1. The van der Waals surface area contributed by atoms with Crippen LogP contribution in [-0.2, 0) is 27.3 Å². The molecule has 0 aliphatic heterocycles. The van der Waals surface area contributed by atoms with E-state index in [2.05, 4.69) is 62.7 Å². The Morgan fingerprint density at radius 2 is 1.64 bits per heavy atom. The molecule has 242 valence electrons. The van der Waals surface area contributed by atoms with E-state index in [1.165, 1.54) is 24.5 Å². The molecule has 0 bridgehead atoms. The number of aryl methyl sites for hydroxylation is 1. The number of nitriles is 1. The Hall–Kier alpha value is -3.15. The molecule has 1 saturated carbocycles. The zero-order chi connectivity index (χ0) is 33.1. The zero-order valence-corrected chi connectivity index (χ0v) is 28.9. The molecule has 1 aliphatic carbocycles. The normalized spacial score (nSPS) is 15.6. The molecule has 8 heteroatoms. The predicted molar refractivity (Wildman–Crippen MR) is 183 cm³/mol. The molecule has 0 aromatic heterocycles. The summed E-state index contributed by atoms with van der Waals surface area (Å²) in [7, 11) is 1.91. The summed E-state index contributed by atoms with van der Waals surface area (Å²) in [6.45, 7) is 14.5. The second kappa shape index (κ2) is 20.7. The number of amides is 2. The van der Waals surface area contributed by atoms with Crippen LogP contribution >= 0.6 is 11.8 Å². The number of ketones is 1. The van der Waals surface area contributed by atoms with E-state index in [9.17, 15) is 19.6 Å². The van der Waals surface area contributed by atoms with Crippen molar-refractivity contribution in [3.63, 3.8) is 0 Å². The molecule has 2 amide bonds. The van der Waals surface area contributed by atoms with Gasteiger partial charge in [-0.3, -0.25) is 14.4 Å². The number of benzene rings is 2. The first-order valence-electron chi connectivity index (χ1n) is 15.9. The lowest BCUT2D eigenvalue weighted by Crippen LogP contribution is -2.49. The summed E-state index contributed by atoms with van der Waals surface area (Å²) in [5, 5.41) is 18.5. The van der Waals surface area contributed by atoms with E-state index in [4.69, 9.17) is 0 Å². The Kier molecular flexibility index (Phi) is 18.3. The second-order valence-corrected chi connectivity index (χ2v) is 13.2. The van der Waals surface area contributed by atoms with Crippen molar-refractivity contribution in [1.82, 2.24) is 16.0 Å². The molecular weight excluding hydrogens is 568 g/mol. The summed E-state index contributed by atoms with van der Waals surface area (Å²) >= 11 is 1.77.